The Balaban J connectivity index is 1.66. The van der Waals surface area contributed by atoms with E-state index in [4.69, 9.17) is 4.52 Å². The fourth-order valence-electron chi connectivity index (χ4n) is 2.45. The maximum absolute atomic E-state index is 12.9. The van der Waals surface area contributed by atoms with Crippen LogP contribution in [0.1, 0.15) is 5.56 Å². The number of rotatable bonds is 6. The molecule has 2 saturated heterocycles. The molecule has 1 aromatic carbocycles. The van der Waals surface area contributed by atoms with Crippen LogP contribution in [0, 0.1) is 10.1 Å². The molecule has 0 bridgehead atoms. The third kappa shape index (κ3) is 2.61. The third-order valence-electron chi connectivity index (χ3n) is 3.83. The van der Waals surface area contributed by atoms with Gasteiger partial charge in [-0.15, -0.1) is 0 Å². The van der Waals surface area contributed by atoms with Crippen molar-refractivity contribution in [3.05, 3.63) is 40.2 Å². The molecule has 0 N–H and O–H groups in total. The van der Waals surface area contributed by atoms with Crippen LogP contribution in [0.2, 0.25) is 0 Å². The van der Waals surface area contributed by atoms with Gasteiger partial charge in [-0.1, -0.05) is 0 Å². The standard InChI is InChI=1S/C13H14N5O4P/c19-18(20)11-2-1-10(12-13(11)15-4-3-14-12)9-22-23(21,16-5-6-16)17-7-8-17/h1-4H,5-9H2. The summed E-state index contributed by atoms with van der Waals surface area (Å²) < 4.78 is 22.3. The van der Waals surface area contributed by atoms with Crippen molar-refractivity contribution < 1.29 is 14.0 Å². The first-order valence-corrected chi connectivity index (χ1v) is 8.75. The van der Waals surface area contributed by atoms with E-state index in [-0.39, 0.29) is 17.8 Å². The molecule has 0 atom stereocenters. The van der Waals surface area contributed by atoms with E-state index in [0.717, 1.165) is 26.2 Å². The summed E-state index contributed by atoms with van der Waals surface area (Å²) >= 11 is 0. The molecule has 2 aromatic rings. The van der Waals surface area contributed by atoms with E-state index >= 15 is 0 Å². The van der Waals surface area contributed by atoms with Gasteiger partial charge in [0.2, 0.25) is 0 Å². The van der Waals surface area contributed by atoms with Crippen molar-refractivity contribution in [2.75, 3.05) is 26.2 Å². The van der Waals surface area contributed by atoms with Crippen molar-refractivity contribution in [2.45, 2.75) is 6.61 Å². The van der Waals surface area contributed by atoms with Crippen molar-refractivity contribution in [3.8, 4) is 0 Å². The quantitative estimate of drug-likeness (QED) is 0.341. The molecule has 2 aliphatic rings. The number of hydrogen-bond acceptors (Lipinski definition) is 6. The highest BCUT2D eigenvalue weighted by atomic mass is 31.2. The molecular formula is C13H14N5O4P. The zero-order valence-corrected chi connectivity index (χ0v) is 13.1. The van der Waals surface area contributed by atoms with E-state index < -0.39 is 12.6 Å². The number of nitrogens with zero attached hydrogens (tertiary/aromatic N) is 5. The molecule has 3 heterocycles. The zero-order valence-electron chi connectivity index (χ0n) is 12.2. The maximum atomic E-state index is 12.9. The number of non-ortho nitro benzene ring substituents is 1. The Bertz CT molecular complexity index is 820. The number of nitro groups is 1. The van der Waals surface area contributed by atoms with Gasteiger partial charge in [0.15, 0.2) is 5.52 Å². The summed E-state index contributed by atoms with van der Waals surface area (Å²) in [5.74, 6) is 0. The molecule has 0 radical (unpaired) electrons. The van der Waals surface area contributed by atoms with E-state index in [9.17, 15) is 14.7 Å². The summed E-state index contributed by atoms with van der Waals surface area (Å²) in [5, 5.41) is 11.1. The SMILES string of the molecule is O=[N+]([O-])c1ccc(COP(=O)(N2CC2)N2CC2)c2nccnc12. The van der Waals surface area contributed by atoms with E-state index in [1.165, 1.54) is 18.5 Å². The van der Waals surface area contributed by atoms with E-state index in [1.54, 1.807) is 6.07 Å². The summed E-state index contributed by atoms with van der Waals surface area (Å²) in [6.45, 7) is 3.17. The zero-order chi connectivity index (χ0) is 16.0. The maximum Gasteiger partial charge on any atom is 0.346 e. The Hall–Kier alpha value is -1.93. The van der Waals surface area contributed by atoms with Crippen LogP contribution in [0.15, 0.2) is 24.5 Å². The van der Waals surface area contributed by atoms with Crippen LogP contribution < -0.4 is 0 Å². The number of benzene rings is 1. The predicted molar refractivity (Wildman–Crippen MR) is 81.7 cm³/mol. The number of hydrogen-bond donors (Lipinski definition) is 0. The van der Waals surface area contributed by atoms with Crippen LogP contribution in [0.25, 0.3) is 11.0 Å². The Kier molecular flexibility index (Phi) is 3.38. The Labute approximate surface area is 131 Å². The second-order valence-corrected chi connectivity index (χ2v) is 7.80. The molecule has 120 valence electrons. The highest BCUT2D eigenvalue weighted by Crippen LogP contribution is 2.61. The molecule has 10 heteroatoms. The van der Waals surface area contributed by atoms with Crippen molar-refractivity contribution in [1.29, 1.82) is 0 Å². The summed E-state index contributed by atoms with van der Waals surface area (Å²) in [5.41, 5.74) is 1.16. The van der Waals surface area contributed by atoms with Gasteiger partial charge in [-0.25, -0.2) is 14.3 Å². The summed E-state index contributed by atoms with van der Waals surface area (Å²) in [7, 11) is -2.93. The monoisotopic (exact) mass is 335 g/mol. The van der Waals surface area contributed by atoms with Crippen LogP contribution in [-0.2, 0) is 15.7 Å². The summed E-state index contributed by atoms with van der Waals surface area (Å²) in [4.78, 5) is 18.8. The highest BCUT2D eigenvalue weighted by Gasteiger charge is 2.49. The molecule has 23 heavy (non-hydrogen) atoms. The molecule has 0 amide bonds. The van der Waals surface area contributed by atoms with Crippen molar-refractivity contribution in [3.63, 3.8) is 0 Å². The topological polar surface area (TPSA) is 101 Å². The lowest BCUT2D eigenvalue weighted by atomic mass is 10.1. The van der Waals surface area contributed by atoms with Crippen LogP contribution in [0.5, 0.6) is 0 Å². The largest absolute Gasteiger partial charge is 0.346 e. The first kappa shape index (κ1) is 14.6. The van der Waals surface area contributed by atoms with Crippen molar-refractivity contribution in [1.82, 2.24) is 19.3 Å². The van der Waals surface area contributed by atoms with Crippen LogP contribution in [-0.4, -0.2) is 50.4 Å². The van der Waals surface area contributed by atoms with Gasteiger partial charge < -0.3 is 4.52 Å². The van der Waals surface area contributed by atoms with Gasteiger partial charge >= 0.3 is 7.67 Å². The molecule has 1 aromatic heterocycles. The lowest BCUT2D eigenvalue weighted by molar-refractivity contribution is -0.383. The number of fused-ring (bicyclic) bond motifs is 1. The van der Waals surface area contributed by atoms with Gasteiger partial charge in [-0.3, -0.25) is 19.7 Å². The van der Waals surface area contributed by atoms with Gasteiger partial charge in [0.05, 0.1) is 11.5 Å². The molecule has 0 unspecified atom stereocenters. The first-order valence-electron chi connectivity index (χ1n) is 7.22. The second-order valence-electron chi connectivity index (χ2n) is 5.43. The van der Waals surface area contributed by atoms with Crippen molar-refractivity contribution >= 4 is 24.4 Å². The van der Waals surface area contributed by atoms with Crippen molar-refractivity contribution in [2.24, 2.45) is 0 Å². The predicted octanol–water partition coefficient (Wildman–Crippen LogP) is 1.79. The molecule has 9 nitrogen and oxygen atoms in total. The average Bonchev–Trinajstić information content (AvgIpc) is 3.42. The molecule has 0 saturated carbocycles. The number of nitro benzene ring substituents is 1. The molecule has 4 rings (SSSR count). The van der Waals surface area contributed by atoms with Crippen LogP contribution in [0.3, 0.4) is 0 Å². The fraction of sp³-hybridized carbons (Fsp3) is 0.385. The summed E-state index contributed by atoms with van der Waals surface area (Å²) in [6.07, 6.45) is 2.89. The fourth-order valence-corrected chi connectivity index (χ4v) is 4.63. The van der Waals surface area contributed by atoms with Gasteiger partial charge in [0, 0.05) is 50.2 Å². The van der Waals surface area contributed by atoms with Crippen LogP contribution >= 0.6 is 7.67 Å². The third-order valence-corrected chi connectivity index (χ3v) is 6.53. The Morgan fingerprint density at radius 2 is 1.74 bits per heavy atom. The van der Waals surface area contributed by atoms with Gasteiger partial charge in [-0.2, -0.15) is 0 Å². The number of aromatic nitrogens is 2. The molecular weight excluding hydrogens is 321 g/mol. The molecule has 2 fully saturated rings. The Morgan fingerprint density at radius 1 is 1.13 bits per heavy atom. The average molecular weight is 335 g/mol. The van der Waals surface area contributed by atoms with E-state index in [0.29, 0.717) is 11.1 Å². The van der Waals surface area contributed by atoms with E-state index in [2.05, 4.69) is 9.97 Å². The Morgan fingerprint density at radius 3 is 2.30 bits per heavy atom. The smallest absolute Gasteiger partial charge is 0.301 e. The minimum absolute atomic E-state index is 0.0808. The lowest BCUT2D eigenvalue weighted by Crippen LogP contribution is -2.08. The minimum atomic E-state index is -2.93. The van der Waals surface area contributed by atoms with Crippen LogP contribution in [0.4, 0.5) is 5.69 Å². The van der Waals surface area contributed by atoms with Gasteiger partial charge in [0.1, 0.15) is 5.52 Å². The molecule has 0 aliphatic carbocycles. The molecule has 0 spiro atoms. The van der Waals surface area contributed by atoms with Gasteiger partial charge in [0.25, 0.3) is 5.69 Å². The first-order chi connectivity index (χ1) is 11.1. The highest BCUT2D eigenvalue weighted by molar-refractivity contribution is 7.54. The summed E-state index contributed by atoms with van der Waals surface area (Å²) in [6, 6.07) is 2.97. The minimum Gasteiger partial charge on any atom is -0.301 e. The molecule has 2 aliphatic heterocycles. The van der Waals surface area contributed by atoms with E-state index in [1.807, 2.05) is 9.34 Å². The normalized spacial score (nSPS) is 18.3. The second kappa shape index (κ2) is 5.31. The lowest BCUT2D eigenvalue weighted by Gasteiger charge is -2.19. The van der Waals surface area contributed by atoms with Gasteiger partial charge in [-0.05, 0) is 6.07 Å².